The van der Waals surface area contributed by atoms with E-state index in [1.54, 1.807) is 11.8 Å². The van der Waals surface area contributed by atoms with Gasteiger partial charge in [-0.2, -0.15) is 0 Å². The molecule has 0 amide bonds. The Morgan fingerprint density at radius 1 is 1.42 bits per heavy atom. The number of carbonyl (C=O) groups is 1. The summed E-state index contributed by atoms with van der Waals surface area (Å²) in [6.07, 6.45) is 2.29. The van der Waals surface area contributed by atoms with Crippen molar-refractivity contribution in [1.29, 1.82) is 0 Å². The molecule has 2 atom stereocenters. The third-order valence-corrected chi connectivity index (χ3v) is 3.73. The number of likely N-dealkylation sites (tertiary alicyclic amines) is 1. The number of carboxylic acid groups (broad SMARTS) is 1. The second kappa shape index (κ2) is 5.65. The average molecular weight is 269 g/mol. The molecule has 2 unspecified atom stereocenters. The number of nitrogens with zero attached hydrogens (tertiary/aromatic N) is 1. The van der Waals surface area contributed by atoms with Gasteiger partial charge >= 0.3 is 5.97 Å². The van der Waals surface area contributed by atoms with Crippen LogP contribution in [-0.2, 0) is 4.79 Å². The van der Waals surface area contributed by atoms with E-state index >= 15 is 0 Å². The Kier molecular flexibility index (Phi) is 4.14. The minimum atomic E-state index is -0.900. The van der Waals surface area contributed by atoms with E-state index in [2.05, 4.69) is 0 Å². The van der Waals surface area contributed by atoms with E-state index in [9.17, 15) is 18.7 Å². The van der Waals surface area contributed by atoms with Crippen molar-refractivity contribution in [3.8, 4) is 0 Å². The van der Waals surface area contributed by atoms with Crippen molar-refractivity contribution >= 4 is 5.97 Å². The predicted molar refractivity (Wildman–Crippen MR) is 66.8 cm³/mol. The molecule has 0 radical (unpaired) electrons. The molecule has 1 aliphatic heterocycles. The minimum Gasteiger partial charge on any atom is -0.480 e. The summed E-state index contributed by atoms with van der Waals surface area (Å²) < 4.78 is 27.0. The van der Waals surface area contributed by atoms with Crippen molar-refractivity contribution in [1.82, 2.24) is 4.90 Å². The standard InChI is InChI=1S/C14H17F2NO2/c1-9(11-8-10(15)5-6-12(11)16)17-7-3-2-4-13(17)14(18)19/h5-6,8-9,13H,2-4,7H2,1H3,(H,18,19). The van der Waals surface area contributed by atoms with Gasteiger partial charge < -0.3 is 5.11 Å². The zero-order valence-corrected chi connectivity index (χ0v) is 10.8. The van der Waals surface area contributed by atoms with Crippen molar-refractivity contribution in [2.75, 3.05) is 6.54 Å². The molecule has 2 rings (SSSR count). The topological polar surface area (TPSA) is 40.5 Å². The lowest BCUT2D eigenvalue weighted by molar-refractivity contribution is -0.145. The Hall–Kier alpha value is -1.49. The molecule has 1 N–H and O–H groups in total. The lowest BCUT2D eigenvalue weighted by Crippen LogP contribution is -2.46. The number of hydrogen-bond donors (Lipinski definition) is 1. The Bertz CT molecular complexity index is 479. The van der Waals surface area contributed by atoms with Crippen LogP contribution in [0.5, 0.6) is 0 Å². The summed E-state index contributed by atoms with van der Waals surface area (Å²) >= 11 is 0. The second-order valence-corrected chi connectivity index (χ2v) is 4.93. The molecular weight excluding hydrogens is 252 g/mol. The highest BCUT2D eigenvalue weighted by molar-refractivity contribution is 5.73. The van der Waals surface area contributed by atoms with E-state index < -0.39 is 29.7 Å². The molecule has 1 heterocycles. The number of benzene rings is 1. The first-order valence-electron chi connectivity index (χ1n) is 6.44. The van der Waals surface area contributed by atoms with Crippen LogP contribution in [-0.4, -0.2) is 28.6 Å². The van der Waals surface area contributed by atoms with Crippen LogP contribution in [0.3, 0.4) is 0 Å². The molecule has 0 saturated carbocycles. The van der Waals surface area contributed by atoms with Gasteiger partial charge in [-0.3, -0.25) is 9.69 Å². The molecule has 1 saturated heterocycles. The summed E-state index contributed by atoms with van der Waals surface area (Å²) in [5, 5.41) is 9.22. The Morgan fingerprint density at radius 3 is 2.84 bits per heavy atom. The Labute approximate surface area is 110 Å². The van der Waals surface area contributed by atoms with E-state index in [4.69, 9.17) is 0 Å². The largest absolute Gasteiger partial charge is 0.480 e. The number of carboxylic acids is 1. The van der Waals surface area contributed by atoms with E-state index in [0.717, 1.165) is 31.0 Å². The summed E-state index contributed by atoms with van der Waals surface area (Å²) in [7, 11) is 0. The smallest absolute Gasteiger partial charge is 0.320 e. The average Bonchev–Trinajstić information content (AvgIpc) is 2.40. The van der Waals surface area contributed by atoms with Gasteiger partial charge in [0, 0.05) is 11.6 Å². The van der Waals surface area contributed by atoms with Gasteiger partial charge in [0.2, 0.25) is 0 Å². The number of aliphatic carboxylic acids is 1. The number of hydrogen-bond acceptors (Lipinski definition) is 2. The van der Waals surface area contributed by atoms with Crippen molar-refractivity contribution in [3.63, 3.8) is 0 Å². The maximum absolute atomic E-state index is 13.8. The summed E-state index contributed by atoms with van der Waals surface area (Å²) in [4.78, 5) is 13.0. The molecule has 0 spiro atoms. The van der Waals surface area contributed by atoms with E-state index in [1.165, 1.54) is 0 Å². The monoisotopic (exact) mass is 269 g/mol. The summed E-state index contributed by atoms with van der Waals surface area (Å²) in [6, 6.07) is 2.23. The van der Waals surface area contributed by atoms with Crippen LogP contribution in [0.15, 0.2) is 18.2 Å². The zero-order valence-electron chi connectivity index (χ0n) is 10.8. The van der Waals surface area contributed by atoms with Crippen molar-refractivity contribution in [2.45, 2.75) is 38.3 Å². The highest BCUT2D eigenvalue weighted by Gasteiger charge is 2.33. The lowest BCUT2D eigenvalue weighted by Gasteiger charge is -2.37. The van der Waals surface area contributed by atoms with E-state index in [-0.39, 0.29) is 5.56 Å². The third kappa shape index (κ3) is 2.92. The van der Waals surface area contributed by atoms with Crippen LogP contribution in [0, 0.1) is 11.6 Å². The normalized spacial score (nSPS) is 22.2. The fraction of sp³-hybridized carbons (Fsp3) is 0.500. The van der Waals surface area contributed by atoms with Gasteiger partial charge in [-0.1, -0.05) is 6.42 Å². The first-order valence-corrected chi connectivity index (χ1v) is 6.44. The van der Waals surface area contributed by atoms with Crippen LogP contribution >= 0.6 is 0 Å². The molecule has 19 heavy (non-hydrogen) atoms. The molecule has 3 nitrogen and oxygen atoms in total. The SMILES string of the molecule is CC(c1cc(F)ccc1F)N1CCCCC1C(=O)O. The van der Waals surface area contributed by atoms with Crippen molar-refractivity contribution in [2.24, 2.45) is 0 Å². The van der Waals surface area contributed by atoms with E-state index in [0.29, 0.717) is 13.0 Å². The minimum absolute atomic E-state index is 0.216. The van der Waals surface area contributed by atoms with Crippen LogP contribution in [0.4, 0.5) is 8.78 Å². The molecule has 1 aromatic carbocycles. The Morgan fingerprint density at radius 2 is 2.16 bits per heavy atom. The summed E-state index contributed by atoms with van der Waals surface area (Å²) in [5.41, 5.74) is 0.216. The van der Waals surface area contributed by atoms with Gasteiger partial charge in [0.15, 0.2) is 0 Å². The molecule has 1 fully saturated rings. The van der Waals surface area contributed by atoms with Crippen LogP contribution in [0.2, 0.25) is 0 Å². The van der Waals surface area contributed by atoms with E-state index in [1.807, 2.05) is 0 Å². The number of rotatable bonds is 3. The maximum atomic E-state index is 13.8. The molecule has 1 aliphatic rings. The fourth-order valence-electron chi connectivity index (χ4n) is 2.70. The molecule has 0 aromatic heterocycles. The Balaban J connectivity index is 2.28. The summed E-state index contributed by atoms with van der Waals surface area (Å²) in [6.45, 7) is 2.31. The van der Waals surface area contributed by atoms with Crippen LogP contribution < -0.4 is 0 Å². The van der Waals surface area contributed by atoms with Gasteiger partial charge in [0.25, 0.3) is 0 Å². The first-order chi connectivity index (χ1) is 9.00. The molecule has 1 aromatic rings. The number of halogens is 2. The molecule has 0 aliphatic carbocycles. The molecule has 5 heteroatoms. The van der Waals surface area contributed by atoms with Gasteiger partial charge in [0.05, 0.1) is 0 Å². The number of piperidine rings is 1. The highest BCUT2D eigenvalue weighted by Crippen LogP contribution is 2.30. The van der Waals surface area contributed by atoms with Gasteiger partial charge in [-0.25, -0.2) is 8.78 Å². The fourth-order valence-corrected chi connectivity index (χ4v) is 2.70. The highest BCUT2D eigenvalue weighted by atomic mass is 19.1. The third-order valence-electron chi connectivity index (χ3n) is 3.73. The first kappa shape index (κ1) is 13.9. The molecular formula is C14H17F2NO2. The zero-order chi connectivity index (χ0) is 14.0. The quantitative estimate of drug-likeness (QED) is 0.917. The van der Waals surface area contributed by atoms with Gasteiger partial charge in [-0.05, 0) is 44.5 Å². The van der Waals surface area contributed by atoms with Gasteiger partial charge in [-0.15, -0.1) is 0 Å². The van der Waals surface area contributed by atoms with Gasteiger partial charge in [0.1, 0.15) is 17.7 Å². The molecule has 0 bridgehead atoms. The molecule has 104 valence electrons. The maximum Gasteiger partial charge on any atom is 0.320 e. The van der Waals surface area contributed by atoms with Crippen molar-refractivity contribution < 1.29 is 18.7 Å². The predicted octanol–water partition coefficient (Wildman–Crippen LogP) is 2.96. The van der Waals surface area contributed by atoms with Crippen LogP contribution in [0.25, 0.3) is 0 Å². The van der Waals surface area contributed by atoms with Crippen molar-refractivity contribution in [3.05, 3.63) is 35.4 Å². The van der Waals surface area contributed by atoms with Crippen LogP contribution in [0.1, 0.15) is 37.8 Å². The summed E-state index contributed by atoms with van der Waals surface area (Å²) in [5.74, 6) is -1.90. The lowest BCUT2D eigenvalue weighted by atomic mass is 9.97. The second-order valence-electron chi connectivity index (χ2n) is 4.93.